The van der Waals surface area contributed by atoms with Gasteiger partial charge in [0, 0.05) is 42.2 Å². The number of anilines is 1. The van der Waals surface area contributed by atoms with Crippen molar-refractivity contribution in [2.45, 2.75) is 19.8 Å². The molecular weight excluding hydrogens is 376 g/mol. The lowest BCUT2D eigenvalue weighted by Crippen LogP contribution is -2.37. The molecule has 0 radical (unpaired) electrons. The van der Waals surface area contributed by atoms with E-state index in [-0.39, 0.29) is 17.7 Å². The number of amides is 1. The number of rotatable bonds is 3. The Balaban J connectivity index is 1.45. The van der Waals surface area contributed by atoms with Gasteiger partial charge in [-0.15, -0.1) is 0 Å². The van der Waals surface area contributed by atoms with Gasteiger partial charge in [-0.05, 0) is 37.0 Å². The van der Waals surface area contributed by atoms with E-state index in [4.69, 9.17) is 0 Å². The Morgan fingerprint density at radius 3 is 2.87 bits per heavy atom. The van der Waals surface area contributed by atoms with Crippen molar-refractivity contribution in [2.75, 3.05) is 11.4 Å². The van der Waals surface area contributed by atoms with Crippen molar-refractivity contribution in [2.24, 2.45) is 17.3 Å². The third-order valence-electron chi connectivity index (χ3n) is 6.76. The Bertz CT molecular complexity index is 1360. The van der Waals surface area contributed by atoms with E-state index in [0.29, 0.717) is 6.54 Å². The summed E-state index contributed by atoms with van der Waals surface area (Å²) in [6.45, 7) is 2.59. The van der Waals surface area contributed by atoms with Crippen molar-refractivity contribution < 1.29 is 4.79 Å². The number of carbonyl (C=O) groups excluding carboxylic acids is 1. The Kier molecular flexibility index (Phi) is 3.40. The van der Waals surface area contributed by atoms with E-state index in [2.05, 4.69) is 28.3 Å². The molecule has 2 fully saturated rings. The van der Waals surface area contributed by atoms with E-state index in [1.165, 1.54) is 0 Å². The Hall–Kier alpha value is -3.66. The molecule has 1 saturated heterocycles. The van der Waals surface area contributed by atoms with Crippen LogP contribution in [0.15, 0.2) is 55.4 Å². The minimum absolute atomic E-state index is 0.00814. The molecule has 6 rings (SSSR count). The lowest BCUT2D eigenvalue weighted by molar-refractivity contribution is -0.124. The second-order valence-corrected chi connectivity index (χ2v) is 8.49. The van der Waals surface area contributed by atoms with Gasteiger partial charge in [0.05, 0.1) is 35.3 Å². The second-order valence-electron chi connectivity index (χ2n) is 8.49. The van der Waals surface area contributed by atoms with Crippen LogP contribution in [0.1, 0.15) is 19.8 Å². The first-order chi connectivity index (χ1) is 14.6. The zero-order valence-corrected chi connectivity index (χ0v) is 16.6. The lowest BCUT2D eigenvalue weighted by atomic mass is 9.75. The summed E-state index contributed by atoms with van der Waals surface area (Å²) < 4.78 is 3.79. The normalized spacial score (nSPS) is 24.1. The standard InChI is InChI=1S/C23H20N6O/c1-15-10-28(22(30)23(15,13-24)18-3-4-18)20-6-7-26-29-12-17(8-21(20)29)16-2-5-19-9-25-14-27(19)11-16/h2,5-9,11-12,14-15,18H,3-4,10H2,1H3/t15-,23+/m1/s1. The SMILES string of the molecule is C[C@@H]1CN(c2ccnn3cc(-c4ccc5cncn5c4)cc23)C(=O)[C@]1(C#N)C1CC1. The molecule has 0 N–H and O–H groups in total. The highest BCUT2D eigenvalue weighted by Gasteiger charge is 2.61. The van der Waals surface area contributed by atoms with Crippen LogP contribution < -0.4 is 4.90 Å². The highest BCUT2D eigenvalue weighted by atomic mass is 16.2. The van der Waals surface area contributed by atoms with Gasteiger partial charge >= 0.3 is 0 Å². The monoisotopic (exact) mass is 396 g/mol. The summed E-state index contributed by atoms with van der Waals surface area (Å²) in [6, 6.07) is 10.4. The lowest BCUT2D eigenvalue weighted by Gasteiger charge is -2.23. The van der Waals surface area contributed by atoms with Crippen LogP contribution in [0.3, 0.4) is 0 Å². The molecule has 2 atom stereocenters. The number of hydrogen-bond acceptors (Lipinski definition) is 4. The first kappa shape index (κ1) is 17.2. The van der Waals surface area contributed by atoms with Crippen molar-refractivity contribution in [3.63, 3.8) is 0 Å². The van der Waals surface area contributed by atoms with Crippen LogP contribution in [0.2, 0.25) is 0 Å². The van der Waals surface area contributed by atoms with Crippen LogP contribution in [0, 0.1) is 28.6 Å². The number of nitrogens with zero attached hydrogens (tertiary/aromatic N) is 6. The van der Waals surface area contributed by atoms with Crippen LogP contribution in [0.5, 0.6) is 0 Å². The van der Waals surface area contributed by atoms with Crippen molar-refractivity contribution >= 4 is 22.6 Å². The second kappa shape index (κ2) is 5.92. The molecule has 1 aliphatic carbocycles. The number of imidazole rings is 1. The Labute approximate surface area is 173 Å². The van der Waals surface area contributed by atoms with Crippen molar-refractivity contribution in [3.8, 4) is 17.2 Å². The van der Waals surface area contributed by atoms with E-state index in [9.17, 15) is 10.1 Å². The highest BCUT2D eigenvalue weighted by Crippen LogP contribution is 2.54. The Morgan fingerprint density at radius 2 is 2.07 bits per heavy atom. The summed E-state index contributed by atoms with van der Waals surface area (Å²) in [6.07, 6.45) is 11.3. The summed E-state index contributed by atoms with van der Waals surface area (Å²) in [5, 5.41) is 14.4. The quantitative estimate of drug-likeness (QED) is 0.530. The van der Waals surface area contributed by atoms with Crippen molar-refractivity contribution in [1.29, 1.82) is 5.26 Å². The molecule has 148 valence electrons. The smallest absolute Gasteiger partial charge is 0.248 e. The van der Waals surface area contributed by atoms with E-state index < -0.39 is 5.41 Å². The highest BCUT2D eigenvalue weighted by molar-refractivity contribution is 6.05. The summed E-state index contributed by atoms with van der Waals surface area (Å²) >= 11 is 0. The van der Waals surface area contributed by atoms with E-state index in [0.717, 1.165) is 40.7 Å². The van der Waals surface area contributed by atoms with E-state index >= 15 is 0 Å². The Morgan fingerprint density at radius 1 is 1.20 bits per heavy atom. The third kappa shape index (κ3) is 2.22. The van der Waals surface area contributed by atoms with Gasteiger partial charge in [-0.25, -0.2) is 9.50 Å². The molecule has 5 heterocycles. The fourth-order valence-electron chi connectivity index (χ4n) is 4.98. The van der Waals surface area contributed by atoms with Crippen LogP contribution in [0.25, 0.3) is 22.2 Å². The van der Waals surface area contributed by atoms with Gasteiger partial charge < -0.3 is 9.30 Å². The largest absolute Gasteiger partial charge is 0.309 e. The number of fused-ring (bicyclic) bond motifs is 2. The minimum Gasteiger partial charge on any atom is -0.309 e. The third-order valence-corrected chi connectivity index (χ3v) is 6.76. The average Bonchev–Trinajstić information content (AvgIpc) is 3.23. The number of nitriles is 1. The van der Waals surface area contributed by atoms with Gasteiger partial charge in [0.2, 0.25) is 5.91 Å². The fourth-order valence-corrected chi connectivity index (χ4v) is 4.98. The molecule has 4 aromatic rings. The number of aromatic nitrogens is 4. The van der Waals surface area contributed by atoms with E-state index in [1.54, 1.807) is 17.4 Å². The molecule has 0 bridgehead atoms. The summed E-state index contributed by atoms with van der Waals surface area (Å²) in [4.78, 5) is 19.4. The number of carbonyl (C=O) groups is 1. The zero-order chi connectivity index (χ0) is 20.5. The predicted octanol–water partition coefficient (Wildman–Crippen LogP) is 3.55. The molecule has 7 nitrogen and oxygen atoms in total. The maximum atomic E-state index is 13.5. The first-order valence-corrected chi connectivity index (χ1v) is 10.2. The number of hydrogen-bond donors (Lipinski definition) is 0. The minimum atomic E-state index is -0.887. The van der Waals surface area contributed by atoms with Gasteiger partial charge in [-0.2, -0.15) is 10.4 Å². The first-order valence-electron chi connectivity index (χ1n) is 10.2. The molecule has 30 heavy (non-hydrogen) atoms. The van der Waals surface area contributed by atoms with Gasteiger partial charge in [0.1, 0.15) is 5.41 Å². The van der Waals surface area contributed by atoms with Crippen LogP contribution in [0.4, 0.5) is 5.69 Å². The van der Waals surface area contributed by atoms with Crippen LogP contribution >= 0.6 is 0 Å². The van der Waals surface area contributed by atoms with E-state index in [1.807, 2.05) is 46.6 Å². The maximum absolute atomic E-state index is 13.5. The predicted molar refractivity (Wildman–Crippen MR) is 112 cm³/mol. The molecule has 4 aromatic heterocycles. The van der Waals surface area contributed by atoms with Crippen LogP contribution in [-0.2, 0) is 4.79 Å². The fraction of sp³-hybridized carbons (Fsp3) is 0.304. The number of pyridine rings is 1. The molecule has 2 aliphatic rings. The topological polar surface area (TPSA) is 78.7 Å². The molecule has 1 aliphatic heterocycles. The molecule has 0 unspecified atom stereocenters. The maximum Gasteiger partial charge on any atom is 0.248 e. The molecule has 0 spiro atoms. The van der Waals surface area contributed by atoms with Gasteiger partial charge in [0.25, 0.3) is 0 Å². The van der Waals surface area contributed by atoms with Crippen molar-refractivity contribution in [3.05, 3.63) is 55.4 Å². The average molecular weight is 396 g/mol. The van der Waals surface area contributed by atoms with Gasteiger partial charge in [-0.1, -0.05) is 13.0 Å². The van der Waals surface area contributed by atoms with Crippen LogP contribution in [-0.4, -0.2) is 31.5 Å². The summed E-state index contributed by atoms with van der Waals surface area (Å²) in [5.41, 5.74) is 3.88. The summed E-state index contributed by atoms with van der Waals surface area (Å²) in [7, 11) is 0. The molecular formula is C23H20N6O. The zero-order valence-electron chi connectivity index (χ0n) is 16.6. The van der Waals surface area contributed by atoms with Gasteiger partial charge in [0.15, 0.2) is 0 Å². The molecule has 1 saturated carbocycles. The molecule has 7 heteroatoms. The summed E-state index contributed by atoms with van der Waals surface area (Å²) in [5.74, 6) is 0.140. The molecule has 0 aromatic carbocycles. The van der Waals surface area contributed by atoms with Crippen molar-refractivity contribution in [1.82, 2.24) is 19.0 Å². The molecule has 1 amide bonds. The van der Waals surface area contributed by atoms with Gasteiger partial charge in [-0.3, -0.25) is 4.79 Å².